The highest BCUT2D eigenvalue weighted by atomic mass is 16.3. The Balaban J connectivity index is 0.830. The van der Waals surface area contributed by atoms with Crippen LogP contribution in [-0.2, 0) is 0 Å². The first-order chi connectivity index (χ1) is 37.1. The normalized spacial score (nSPS) is 11.7. The molecule has 0 fully saturated rings. The molecule has 4 aromatic heterocycles. The SMILES string of the molecule is c1ccc(-c2ccc(-c3nc(-c4ccccc4)nc(-c4ccc5oc6cccc(-c7cccc(-c8ccc9oc%10cccc(-n%11c%12ccccc%12c%12cc(-c%13ccccc%13)ccc%12%11)c%10c9c8)c7)c6c5c4)n3)cc2)cc1. The largest absolute Gasteiger partial charge is 0.456 e. The molecule has 11 aromatic carbocycles. The topological polar surface area (TPSA) is 69.9 Å². The molecule has 75 heavy (non-hydrogen) atoms. The fourth-order valence-electron chi connectivity index (χ4n) is 11.1. The van der Waals surface area contributed by atoms with Crippen molar-refractivity contribution < 1.29 is 8.83 Å². The highest BCUT2D eigenvalue weighted by molar-refractivity contribution is 6.16. The Morgan fingerprint density at radius 1 is 0.253 bits per heavy atom. The lowest BCUT2D eigenvalue weighted by molar-refractivity contribution is 0.668. The van der Waals surface area contributed by atoms with E-state index in [-0.39, 0.29) is 0 Å². The van der Waals surface area contributed by atoms with Crippen LogP contribution < -0.4 is 0 Å². The smallest absolute Gasteiger partial charge is 0.164 e. The molecule has 0 atom stereocenters. The minimum atomic E-state index is 0.586. The minimum absolute atomic E-state index is 0.586. The van der Waals surface area contributed by atoms with Gasteiger partial charge < -0.3 is 13.4 Å². The molecule has 15 aromatic rings. The lowest BCUT2D eigenvalue weighted by Gasteiger charge is -2.11. The maximum Gasteiger partial charge on any atom is 0.164 e. The number of hydrogen-bond donors (Lipinski definition) is 0. The van der Waals surface area contributed by atoms with Crippen molar-refractivity contribution in [3.8, 4) is 84.4 Å². The summed E-state index contributed by atoms with van der Waals surface area (Å²) in [5, 5.41) is 6.58. The first-order valence-electron chi connectivity index (χ1n) is 25.2. The molecule has 0 unspecified atom stereocenters. The lowest BCUT2D eigenvalue weighted by atomic mass is 9.95. The average molecular weight is 959 g/mol. The molecule has 6 heteroatoms. The second-order valence-electron chi connectivity index (χ2n) is 19.1. The predicted octanol–water partition coefficient (Wildman–Crippen LogP) is 18.4. The number of fused-ring (bicyclic) bond motifs is 9. The quantitative estimate of drug-likeness (QED) is 0.152. The van der Waals surface area contributed by atoms with Crippen molar-refractivity contribution in [1.82, 2.24) is 19.5 Å². The molecule has 0 saturated heterocycles. The van der Waals surface area contributed by atoms with Crippen LogP contribution in [0.25, 0.3) is 150 Å². The van der Waals surface area contributed by atoms with Crippen LogP contribution in [0.5, 0.6) is 0 Å². The molecule has 6 nitrogen and oxygen atoms in total. The van der Waals surface area contributed by atoms with Crippen molar-refractivity contribution >= 4 is 65.7 Å². The van der Waals surface area contributed by atoms with Crippen LogP contribution in [0.1, 0.15) is 0 Å². The summed E-state index contributed by atoms with van der Waals surface area (Å²) in [5.41, 5.74) is 18.4. The Bertz CT molecular complexity index is 4690. The van der Waals surface area contributed by atoms with E-state index in [0.717, 1.165) is 111 Å². The Labute approximate surface area is 431 Å². The van der Waals surface area contributed by atoms with Gasteiger partial charge in [0.25, 0.3) is 0 Å². The molecule has 0 aliphatic carbocycles. The third-order valence-corrected chi connectivity index (χ3v) is 14.7. The van der Waals surface area contributed by atoms with Gasteiger partial charge in [-0.05, 0) is 117 Å². The lowest BCUT2D eigenvalue weighted by Crippen LogP contribution is -2.00. The van der Waals surface area contributed by atoms with Gasteiger partial charge >= 0.3 is 0 Å². The molecule has 15 rings (SSSR count). The molecule has 0 amide bonds. The zero-order chi connectivity index (χ0) is 49.4. The average Bonchev–Trinajstić information content (AvgIpc) is 4.22. The summed E-state index contributed by atoms with van der Waals surface area (Å²) < 4.78 is 15.6. The summed E-state index contributed by atoms with van der Waals surface area (Å²) in [6.07, 6.45) is 0. The molecule has 0 radical (unpaired) electrons. The van der Waals surface area contributed by atoms with Gasteiger partial charge in [-0.1, -0.05) is 182 Å². The summed E-state index contributed by atoms with van der Waals surface area (Å²) in [4.78, 5) is 15.3. The number of benzene rings is 11. The highest BCUT2D eigenvalue weighted by Gasteiger charge is 2.21. The van der Waals surface area contributed by atoms with Crippen molar-refractivity contribution in [2.45, 2.75) is 0 Å². The first-order valence-corrected chi connectivity index (χ1v) is 25.2. The second kappa shape index (κ2) is 17.3. The van der Waals surface area contributed by atoms with Crippen molar-refractivity contribution in [3.63, 3.8) is 0 Å². The minimum Gasteiger partial charge on any atom is -0.456 e. The molecule has 0 spiro atoms. The Morgan fingerprint density at radius 3 is 1.43 bits per heavy atom. The maximum atomic E-state index is 6.64. The molecule has 0 aliphatic rings. The van der Waals surface area contributed by atoms with Gasteiger partial charge in [-0.2, -0.15) is 0 Å². The van der Waals surface area contributed by atoms with Gasteiger partial charge in [0.15, 0.2) is 17.5 Å². The third kappa shape index (κ3) is 7.22. The maximum absolute atomic E-state index is 6.64. The number of rotatable bonds is 8. The second-order valence-corrected chi connectivity index (χ2v) is 19.1. The van der Waals surface area contributed by atoms with Gasteiger partial charge in [-0.3, -0.25) is 0 Å². The zero-order valence-corrected chi connectivity index (χ0v) is 40.4. The number of nitrogens with zero attached hydrogens (tertiary/aromatic N) is 4. The summed E-state index contributed by atoms with van der Waals surface area (Å²) in [6.45, 7) is 0. The fraction of sp³-hybridized carbons (Fsp3) is 0. The number of aromatic nitrogens is 4. The van der Waals surface area contributed by atoms with Crippen LogP contribution in [0.2, 0.25) is 0 Å². The molecule has 0 aliphatic heterocycles. The summed E-state index contributed by atoms with van der Waals surface area (Å²) in [7, 11) is 0. The molecule has 350 valence electrons. The van der Waals surface area contributed by atoms with Crippen LogP contribution >= 0.6 is 0 Å². The van der Waals surface area contributed by atoms with Crippen molar-refractivity contribution in [2.24, 2.45) is 0 Å². The molecule has 0 bridgehead atoms. The monoisotopic (exact) mass is 958 g/mol. The van der Waals surface area contributed by atoms with Crippen LogP contribution in [0.15, 0.2) is 264 Å². The van der Waals surface area contributed by atoms with Crippen LogP contribution in [0.3, 0.4) is 0 Å². The van der Waals surface area contributed by atoms with Gasteiger partial charge in [0, 0.05) is 43.6 Å². The highest BCUT2D eigenvalue weighted by Crippen LogP contribution is 2.43. The third-order valence-electron chi connectivity index (χ3n) is 14.7. The van der Waals surface area contributed by atoms with Crippen LogP contribution in [0.4, 0.5) is 0 Å². The first kappa shape index (κ1) is 42.5. The van der Waals surface area contributed by atoms with E-state index in [2.05, 4.69) is 205 Å². The fourth-order valence-corrected chi connectivity index (χ4v) is 11.1. The van der Waals surface area contributed by atoms with Crippen molar-refractivity contribution in [3.05, 3.63) is 255 Å². The van der Waals surface area contributed by atoms with Crippen LogP contribution in [0, 0.1) is 0 Å². The van der Waals surface area contributed by atoms with E-state index in [1.807, 2.05) is 54.6 Å². The van der Waals surface area contributed by atoms with E-state index in [1.165, 1.54) is 21.9 Å². The molecular formula is C69H42N4O2. The summed E-state index contributed by atoms with van der Waals surface area (Å²) in [5.74, 6) is 1.80. The summed E-state index contributed by atoms with van der Waals surface area (Å²) in [6, 6.07) is 89.3. The van der Waals surface area contributed by atoms with Gasteiger partial charge in [0.1, 0.15) is 22.3 Å². The van der Waals surface area contributed by atoms with E-state index in [1.54, 1.807) is 0 Å². The molecule has 4 heterocycles. The number of furan rings is 2. The van der Waals surface area contributed by atoms with E-state index in [4.69, 9.17) is 23.8 Å². The molecular weight excluding hydrogens is 917 g/mol. The molecule has 0 N–H and O–H groups in total. The molecule has 0 saturated carbocycles. The Hall–Kier alpha value is -10.2. The van der Waals surface area contributed by atoms with Gasteiger partial charge in [0.05, 0.1) is 22.1 Å². The van der Waals surface area contributed by atoms with Crippen LogP contribution in [-0.4, -0.2) is 19.5 Å². The number of para-hydroxylation sites is 1. The van der Waals surface area contributed by atoms with E-state index in [9.17, 15) is 0 Å². The summed E-state index contributed by atoms with van der Waals surface area (Å²) >= 11 is 0. The standard InChI is InChI=1S/C69H42N4O2/c1-4-15-43(16-5-1)45-29-31-47(32-30-45)68-70-67(46-19-8-3-9-20-46)71-69(72-68)52-35-38-61-56(42-52)65-53(24-13-27-63(65)74-61)51-22-12-21-48(39-51)50-34-37-62-57(41-50)66-60(26-14-28-64(66)75-62)73-58-25-11-10-23-54(58)55-40-49(33-36-59(55)73)44-17-6-2-7-18-44/h1-42H. The van der Waals surface area contributed by atoms with Gasteiger partial charge in [-0.25, -0.2) is 15.0 Å². The van der Waals surface area contributed by atoms with Gasteiger partial charge in [-0.15, -0.1) is 0 Å². The van der Waals surface area contributed by atoms with Gasteiger partial charge in [0.2, 0.25) is 0 Å². The van der Waals surface area contributed by atoms with Crippen molar-refractivity contribution in [1.29, 1.82) is 0 Å². The zero-order valence-electron chi connectivity index (χ0n) is 40.4. The predicted molar refractivity (Wildman–Crippen MR) is 307 cm³/mol. The Morgan fingerprint density at radius 2 is 0.693 bits per heavy atom. The van der Waals surface area contributed by atoms with Crippen molar-refractivity contribution in [2.75, 3.05) is 0 Å². The van der Waals surface area contributed by atoms with E-state index in [0.29, 0.717) is 17.5 Å². The van der Waals surface area contributed by atoms with E-state index < -0.39 is 0 Å². The number of hydrogen-bond acceptors (Lipinski definition) is 5. The van der Waals surface area contributed by atoms with E-state index >= 15 is 0 Å². The Kier molecular flexibility index (Phi) is 9.78.